The molecule has 0 spiro atoms. The highest BCUT2D eigenvalue weighted by atomic mass is 16.3. The lowest BCUT2D eigenvalue weighted by Crippen LogP contribution is -2.14. The number of phenols is 3. The van der Waals surface area contributed by atoms with Crippen molar-refractivity contribution in [2.75, 3.05) is 13.1 Å². The van der Waals surface area contributed by atoms with Gasteiger partial charge in [0.2, 0.25) is 5.75 Å². The first-order valence-corrected chi connectivity index (χ1v) is 6.96. The van der Waals surface area contributed by atoms with Crippen LogP contribution in [0.15, 0.2) is 53.5 Å². The van der Waals surface area contributed by atoms with Gasteiger partial charge in [-0.3, -0.25) is 4.99 Å². The van der Waals surface area contributed by atoms with Crippen LogP contribution in [-0.4, -0.2) is 34.1 Å². The second-order valence-corrected chi connectivity index (χ2v) is 4.95. The SMILES string of the molecule is Oc1ccc(C2=CC(c3ccccc3)=NCCN2)c(O)c1O. The molecular formula is C17H16N2O3. The monoisotopic (exact) mass is 296 g/mol. The summed E-state index contributed by atoms with van der Waals surface area (Å²) >= 11 is 0. The molecule has 0 aliphatic carbocycles. The van der Waals surface area contributed by atoms with Gasteiger partial charge >= 0.3 is 0 Å². The summed E-state index contributed by atoms with van der Waals surface area (Å²) in [5.74, 6) is -1.23. The van der Waals surface area contributed by atoms with Crippen LogP contribution in [0.3, 0.4) is 0 Å². The van der Waals surface area contributed by atoms with Crippen LogP contribution >= 0.6 is 0 Å². The van der Waals surface area contributed by atoms with E-state index in [4.69, 9.17) is 0 Å². The third kappa shape index (κ3) is 2.61. The Morgan fingerprint density at radius 3 is 2.45 bits per heavy atom. The van der Waals surface area contributed by atoms with E-state index < -0.39 is 5.75 Å². The summed E-state index contributed by atoms with van der Waals surface area (Å²) in [5.41, 5.74) is 2.84. The molecule has 0 radical (unpaired) electrons. The highest BCUT2D eigenvalue weighted by molar-refractivity contribution is 6.12. The maximum Gasteiger partial charge on any atom is 0.200 e. The molecule has 5 heteroatoms. The molecule has 3 rings (SSSR count). The van der Waals surface area contributed by atoms with Crippen LogP contribution in [0.5, 0.6) is 17.2 Å². The summed E-state index contributed by atoms with van der Waals surface area (Å²) in [5, 5.41) is 32.3. The van der Waals surface area contributed by atoms with Crippen molar-refractivity contribution in [3.05, 3.63) is 59.7 Å². The number of nitrogens with zero attached hydrogens (tertiary/aromatic N) is 1. The van der Waals surface area contributed by atoms with Gasteiger partial charge in [0.05, 0.1) is 12.3 Å². The molecule has 5 nitrogen and oxygen atoms in total. The summed E-state index contributed by atoms with van der Waals surface area (Å²) in [6.45, 7) is 1.22. The first-order valence-electron chi connectivity index (χ1n) is 6.96. The van der Waals surface area contributed by atoms with E-state index in [1.807, 2.05) is 36.4 Å². The molecule has 2 aromatic carbocycles. The third-order valence-corrected chi connectivity index (χ3v) is 3.48. The van der Waals surface area contributed by atoms with Gasteiger partial charge in [0, 0.05) is 17.8 Å². The predicted octanol–water partition coefficient (Wildman–Crippen LogP) is 2.24. The number of hydrogen-bond acceptors (Lipinski definition) is 5. The standard InChI is InChI=1S/C17H16N2O3/c20-15-7-6-12(16(21)17(15)22)14-10-13(18-8-9-19-14)11-4-2-1-3-5-11/h1-7,10,19-22H,8-9H2. The summed E-state index contributed by atoms with van der Waals surface area (Å²) in [6, 6.07) is 12.6. The minimum atomic E-state index is -0.525. The number of rotatable bonds is 2. The number of hydrogen-bond donors (Lipinski definition) is 4. The van der Waals surface area contributed by atoms with Gasteiger partial charge in [0.1, 0.15) is 0 Å². The number of aromatic hydroxyl groups is 3. The van der Waals surface area contributed by atoms with E-state index in [9.17, 15) is 15.3 Å². The molecule has 0 fully saturated rings. The van der Waals surface area contributed by atoms with E-state index in [1.165, 1.54) is 6.07 Å². The van der Waals surface area contributed by atoms with Gasteiger partial charge < -0.3 is 20.6 Å². The molecule has 1 aliphatic rings. The Morgan fingerprint density at radius 2 is 1.68 bits per heavy atom. The number of benzene rings is 2. The topological polar surface area (TPSA) is 85.1 Å². The van der Waals surface area contributed by atoms with E-state index in [1.54, 1.807) is 6.07 Å². The lowest BCUT2D eigenvalue weighted by atomic mass is 10.0. The molecule has 1 aliphatic heterocycles. The second kappa shape index (κ2) is 5.81. The van der Waals surface area contributed by atoms with Gasteiger partial charge in [-0.05, 0) is 23.8 Å². The maximum atomic E-state index is 10.0. The lowest BCUT2D eigenvalue weighted by Gasteiger charge is -2.12. The van der Waals surface area contributed by atoms with Crippen LogP contribution in [0.25, 0.3) is 5.70 Å². The predicted molar refractivity (Wildman–Crippen MR) is 85.3 cm³/mol. The van der Waals surface area contributed by atoms with Crippen molar-refractivity contribution in [1.82, 2.24) is 5.32 Å². The van der Waals surface area contributed by atoms with E-state index >= 15 is 0 Å². The van der Waals surface area contributed by atoms with Crippen molar-refractivity contribution < 1.29 is 15.3 Å². The Balaban J connectivity index is 2.05. The van der Waals surface area contributed by atoms with Crippen LogP contribution in [0, 0.1) is 0 Å². The average molecular weight is 296 g/mol. The van der Waals surface area contributed by atoms with Gasteiger partial charge in [0.15, 0.2) is 11.5 Å². The van der Waals surface area contributed by atoms with Gasteiger partial charge in [-0.1, -0.05) is 30.3 Å². The Labute approximate surface area is 127 Å². The molecule has 0 amide bonds. The molecule has 0 atom stereocenters. The quantitative estimate of drug-likeness (QED) is 0.640. The largest absolute Gasteiger partial charge is 0.504 e. The van der Waals surface area contributed by atoms with E-state index in [-0.39, 0.29) is 11.5 Å². The highest BCUT2D eigenvalue weighted by Gasteiger charge is 2.16. The van der Waals surface area contributed by atoms with Gasteiger partial charge in [0.25, 0.3) is 0 Å². The zero-order chi connectivity index (χ0) is 15.5. The summed E-state index contributed by atoms with van der Waals surface area (Å²) in [7, 11) is 0. The zero-order valence-electron chi connectivity index (χ0n) is 11.8. The summed E-state index contributed by atoms with van der Waals surface area (Å²) in [4.78, 5) is 4.52. The fourth-order valence-electron chi connectivity index (χ4n) is 2.34. The van der Waals surface area contributed by atoms with Crippen molar-refractivity contribution in [1.29, 1.82) is 0 Å². The van der Waals surface area contributed by atoms with Crippen LogP contribution in [-0.2, 0) is 0 Å². The summed E-state index contributed by atoms with van der Waals surface area (Å²) in [6.07, 6.45) is 1.83. The normalized spacial score (nSPS) is 14.5. The van der Waals surface area contributed by atoms with Crippen LogP contribution < -0.4 is 5.32 Å². The number of phenolic OH excluding ortho intramolecular Hbond substituents is 3. The fourth-order valence-corrected chi connectivity index (χ4v) is 2.34. The molecule has 0 unspecified atom stereocenters. The molecule has 112 valence electrons. The van der Waals surface area contributed by atoms with Crippen molar-refractivity contribution in [3.63, 3.8) is 0 Å². The smallest absolute Gasteiger partial charge is 0.200 e. The Bertz CT molecular complexity index is 752. The highest BCUT2D eigenvalue weighted by Crippen LogP contribution is 2.39. The molecule has 22 heavy (non-hydrogen) atoms. The Morgan fingerprint density at radius 1 is 0.909 bits per heavy atom. The van der Waals surface area contributed by atoms with Gasteiger partial charge in [-0.25, -0.2) is 0 Å². The Hall–Kier alpha value is -2.95. The van der Waals surface area contributed by atoms with Crippen molar-refractivity contribution in [3.8, 4) is 17.2 Å². The molecule has 0 aromatic heterocycles. The molecule has 2 aromatic rings. The molecular weight excluding hydrogens is 280 g/mol. The molecule has 0 saturated heterocycles. The number of nitrogens with one attached hydrogen (secondary N) is 1. The average Bonchev–Trinajstić information content (AvgIpc) is 2.80. The summed E-state index contributed by atoms with van der Waals surface area (Å²) < 4.78 is 0. The zero-order valence-corrected chi connectivity index (χ0v) is 11.8. The number of allylic oxidation sites excluding steroid dienone is 1. The van der Waals surface area contributed by atoms with E-state index in [2.05, 4.69) is 10.3 Å². The number of aliphatic imine (C=N–C) groups is 1. The molecule has 4 N–H and O–H groups in total. The van der Waals surface area contributed by atoms with Crippen LogP contribution in [0.1, 0.15) is 11.1 Å². The van der Waals surface area contributed by atoms with Gasteiger partial charge in [-0.2, -0.15) is 0 Å². The van der Waals surface area contributed by atoms with Crippen molar-refractivity contribution >= 4 is 11.4 Å². The Kier molecular flexibility index (Phi) is 3.70. The van der Waals surface area contributed by atoms with E-state index in [0.717, 1.165) is 11.3 Å². The fraction of sp³-hybridized carbons (Fsp3) is 0.118. The lowest BCUT2D eigenvalue weighted by molar-refractivity contribution is 0.367. The molecule has 1 heterocycles. The van der Waals surface area contributed by atoms with Crippen molar-refractivity contribution in [2.24, 2.45) is 4.99 Å². The molecule has 0 saturated carbocycles. The maximum absolute atomic E-state index is 10.0. The van der Waals surface area contributed by atoms with E-state index in [0.29, 0.717) is 24.4 Å². The third-order valence-electron chi connectivity index (χ3n) is 3.48. The minimum Gasteiger partial charge on any atom is -0.504 e. The van der Waals surface area contributed by atoms with Crippen LogP contribution in [0.2, 0.25) is 0 Å². The minimum absolute atomic E-state index is 0.354. The second-order valence-electron chi connectivity index (χ2n) is 4.95. The first kappa shape index (κ1) is 14.0. The van der Waals surface area contributed by atoms with Crippen molar-refractivity contribution in [2.45, 2.75) is 0 Å². The molecule has 0 bridgehead atoms. The first-order chi connectivity index (χ1) is 10.7. The van der Waals surface area contributed by atoms with Gasteiger partial charge in [-0.15, -0.1) is 0 Å². The van der Waals surface area contributed by atoms with Crippen LogP contribution in [0.4, 0.5) is 0 Å².